The van der Waals surface area contributed by atoms with E-state index in [1.54, 1.807) is 0 Å². The second-order valence-electron chi connectivity index (χ2n) is 3.90. The fourth-order valence-corrected chi connectivity index (χ4v) is 1.47. The van der Waals surface area contributed by atoms with Crippen molar-refractivity contribution in [2.24, 2.45) is 5.92 Å². The first kappa shape index (κ1) is 11.0. The summed E-state index contributed by atoms with van der Waals surface area (Å²) in [5, 5.41) is 5.21. The number of benzene rings is 1. The van der Waals surface area contributed by atoms with Gasteiger partial charge in [-0.15, -0.1) is 0 Å². The fourth-order valence-electron chi connectivity index (χ4n) is 1.47. The van der Waals surface area contributed by atoms with Crippen molar-refractivity contribution in [2.75, 3.05) is 18.4 Å². The van der Waals surface area contributed by atoms with E-state index < -0.39 is 11.6 Å². The van der Waals surface area contributed by atoms with Gasteiger partial charge in [0.05, 0.1) is 5.92 Å². The van der Waals surface area contributed by atoms with Gasteiger partial charge in [0.15, 0.2) is 5.82 Å². The summed E-state index contributed by atoms with van der Waals surface area (Å²) >= 11 is 0. The van der Waals surface area contributed by atoms with E-state index in [0.29, 0.717) is 18.7 Å². The quantitative estimate of drug-likeness (QED) is 0.801. The summed E-state index contributed by atoms with van der Waals surface area (Å²) in [6.07, 6.45) is 0. The van der Waals surface area contributed by atoms with Crippen molar-refractivity contribution in [3.63, 3.8) is 0 Å². The first-order valence-corrected chi connectivity index (χ1v) is 5.06. The third-order valence-electron chi connectivity index (χ3n) is 2.68. The normalized spacial score (nSPS) is 15.7. The maximum atomic E-state index is 13.5. The average molecular weight is 226 g/mol. The van der Waals surface area contributed by atoms with Gasteiger partial charge in [0.1, 0.15) is 11.5 Å². The first-order chi connectivity index (χ1) is 7.59. The van der Waals surface area contributed by atoms with E-state index >= 15 is 0 Å². The smallest absolute Gasteiger partial charge is 0.230 e. The molecule has 0 saturated carbocycles. The summed E-state index contributed by atoms with van der Waals surface area (Å²) < 4.78 is 26.8. The van der Waals surface area contributed by atoms with Crippen LogP contribution >= 0.6 is 0 Å². The topological polar surface area (TPSA) is 41.1 Å². The van der Waals surface area contributed by atoms with E-state index in [4.69, 9.17) is 0 Å². The molecule has 1 heterocycles. The van der Waals surface area contributed by atoms with Gasteiger partial charge in [-0.3, -0.25) is 4.79 Å². The Morgan fingerprint density at radius 2 is 2.12 bits per heavy atom. The SMILES string of the molecule is Cc1ccc(F)c(NC(=O)C2CNC2)c1F. The number of hydrogen-bond donors (Lipinski definition) is 2. The number of halogens is 2. The molecule has 0 aliphatic carbocycles. The highest BCUT2D eigenvalue weighted by atomic mass is 19.1. The molecule has 1 aromatic carbocycles. The van der Waals surface area contributed by atoms with Gasteiger partial charge in [0, 0.05) is 13.1 Å². The summed E-state index contributed by atoms with van der Waals surface area (Å²) in [5.41, 5.74) is -0.0414. The molecule has 2 rings (SSSR count). The van der Waals surface area contributed by atoms with Crippen LogP contribution in [0.2, 0.25) is 0 Å². The van der Waals surface area contributed by atoms with Gasteiger partial charge in [-0.2, -0.15) is 0 Å². The van der Waals surface area contributed by atoms with Gasteiger partial charge in [-0.1, -0.05) is 6.07 Å². The summed E-state index contributed by atoms with van der Waals surface area (Å²) in [6.45, 7) is 2.64. The number of carbonyl (C=O) groups excluding carboxylic acids is 1. The molecular weight excluding hydrogens is 214 g/mol. The number of nitrogens with one attached hydrogen (secondary N) is 2. The van der Waals surface area contributed by atoms with E-state index in [-0.39, 0.29) is 17.5 Å². The van der Waals surface area contributed by atoms with Crippen LogP contribution in [-0.4, -0.2) is 19.0 Å². The third-order valence-corrected chi connectivity index (χ3v) is 2.68. The lowest BCUT2D eigenvalue weighted by Crippen LogP contribution is -2.48. The molecule has 86 valence electrons. The van der Waals surface area contributed by atoms with Crippen molar-refractivity contribution >= 4 is 11.6 Å². The number of rotatable bonds is 2. The Kier molecular flexibility index (Phi) is 2.87. The standard InChI is InChI=1S/C11H12F2N2O/c1-6-2-3-8(12)10(9(6)13)15-11(16)7-4-14-5-7/h2-3,7,14H,4-5H2,1H3,(H,15,16). The average Bonchev–Trinajstić information content (AvgIpc) is 2.16. The van der Waals surface area contributed by atoms with Gasteiger partial charge < -0.3 is 10.6 Å². The molecule has 0 atom stereocenters. The van der Waals surface area contributed by atoms with Crippen LogP contribution in [0.25, 0.3) is 0 Å². The molecule has 1 aromatic rings. The lowest BCUT2D eigenvalue weighted by Gasteiger charge is -2.26. The second kappa shape index (κ2) is 4.17. The van der Waals surface area contributed by atoms with Gasteiger partial charge >= 0.3 is 0 Å². The molecule has 0 unspecified atom stereocenters. The second-order valence-corrected chi connectivity index (χ2v) is 3.90. The minimum Gasteiger partial charge on any atom is -0.321 e. The van der Waals surface area contributed by atoms with Crippen LogP contribution in [-0.2, 0) is 4.79 Å². The van der Waals surface area contributed by atoms with Crippen molar-refractivity contribution in [1.82, 2.24) is 5.32 Å². The zero-order valence-electron chi connectivity index (χ0n) is 8.81. The predicted octanol–water partition coefficient (Wildman–Crippen LogP) is 1.43. The Labute approximate surface area is 91.8 Å². The van der Waals surface area contributed by atoms with Crippen LogP contribution in [0.3, 0.4) is 0 Å². The number of anilines is 1. The molecule has 1 aliphatic heterocycles. The molecule has 1 saturated heterocycles. The molecular formula is C11H12F2N2O. The molecule has 0 radical (unpaired) electrons. The van der Waals surface area contributed by atoms with Crippen molar-refractivity contribution in [3.05, 3.63) is 29.3 Å². The Morgan fingerprint density at radius 3 is 2.69 bits per heavy atom. The van der Waals surface area contributed by atoms with E-state index in [9.17, 15) is 13.6 Å². The maximum absolute atomic E-state index is 13.5. The number of amides is 1. The molecule has 1 amide bonds. The van der Waals surface area contributed by atoms with Gasteiger partial charge in [-0.25, -0.2) is 8.78 Å². The molecule has 16 heavy (non-hydrogen) atoms. The Balaban J connectivity index is 2.19. The maximum Gasteiger partial charge on any atom is 0.230 e. The summed E-state index contributed by atoms with van der Waals surface area (Å²) in [5.74, 6) is -1.99. The van der Waals surface area contributed by atoms with Crippen LogP contribution in [0.5, 0.6) is 0 Å². The Bertz CT molecular complexity index is 430. The molecule has 0 aromatic heterocycles. The third kappa shape index (κ3) is 1.90. The monoisotopic (exact) mass is 226 g/mol. The van der Waals surface area contributed by atoms with Gasteiger partial charge in [0.2, 0.25) is 5.91 Å². The summed E-state index contributed by atoms with van der Waals surface area (Å²) in [7, 11) is 0. The Hall–Kier alpha value is -1.49. The molecule has 2 N–H and O–H groups in total. The van der Waals surface area contributed by atoms with Gasteiger partial charge in [0.25, 0.3) is 0 Å². The molecule has 0 bridgehead atoms. The minimum absolute atomic E-state index is 0.195. The first-order valence-electron chi connectivity index (χ1n) is 5.06. The minimum atomic E-state index is -0.747. The van der Waals surface area contributed by atoms with Crippen LogP contribution in [0.4, 0.5) is 14.5 Å². The van der Waals surface area contributed by atoms with Crippen molar-refractivity contribution < 1.29 is 13.6 Å². The molecule has 1 aliphatic rings. The number of carbonyl (C=O) groups is 1. The van der Waals surface area contributed by atoms with E-state index in [1.807, 2.05) is 0 Å². The fraction of sp³-hybridized carbons (Fsp3) is 0.364. The highest BCUT2D eigenvalue weighted by Gasteiger charge is 2.26. The predicted molar refractivity (Wildman–Crippen MR) is 56.1 cm³/mol. The van der Waals surface area contributed by atoms with Crippen LogP contribution in [0, 0.1) is 24.5 Å². The summed E-state index contributed by atoms with van der Waals surface area (Å²) in [6, 6.07) is 2.48. The molecule has 1 fully saturated rings. The lowest BCUT2D eigenvalue weighted by atomic mass is 10.0. The molecule has 3 nitrogen and oxygen atoms in total. The highest BCUT2D eigenvalue weighted by Crippen LogP contribution is 2.22. The zero-order chi connectivity index (χ0) is 11.7. The summed E-state index contributed by atoms with van der Waals surface area (Å²) in [4.78, 5) is 11.5. The number of aryl methyl sites for hydroxylation is 1. The van der Waals surface area contributed by atoms with E-state index in [0.717, 1.165) is 6.07 Å². The van der Waals surface area contributed by atoms with Gasteiger partial charge in [-0.05, 0) is 18.6 Å². The van der Waals surface area contributed by atoms with Crippen LogP contribution < -0.4 is 10.6 Å². The van der Waals surface area contributed by atoms with Crippen LogP contribution in [0.15, 0.2) is 12.1 Å². The molecule has 0 spiro atoms. The Morgan fingerprint density at radius 1 is 1.44 bits per heavy atom. The van der Waals surface area contributed by atoms with Crippen molar-refractivity contribution in [1.29, 1.82) is 0 Å². The lowest BCUT2D eigenvalue weighted by molar-refractivity contribution is -0.121. The molecule has 5 heteroatoms. The largest absolute Gasteiger partial charge is 0.321 e. The zero-order valence-corrected chi connectivity index (χ0v) is 8.81. The highest BCUT2D eigenvalue weighted by molar-refractivity contribution is 5.93. The number of hydrogen-bond acceptors (Lipinski definition) is 2. The van der Waals surface area contributed by atoms with E-state index in [2.05, 4.69) is 10.6 Å². The van der Waals surface area contributed by atoms with Crippen LogP contribution in [0.1, 0.15) is 5.56 Å². The van der Waals surface area contributed by atoms with Crippen molar-refractivity contribution in [3.8, 4) is 0 Å². The van der Waals surface area contributed by atoms with E-state index in [1.165, 1.54) is 13.0 Å². The van der Waals surface area contributed by atoms with Crippen molar-refractivity contribution in [2.45, 2.75) is 6.92 Å².